The zero-order valence-electron chi connectivity index (χ0n) is 11.9. The van der Waals surface area contributed by atoms with E-state index in [0.29, 0.717) is 45.0 Å². The first-order chi connectivity index (χ1) is 9.04. The maximum atomic E-state index is 11.9. The molecule has 0 aromatic rings. The molecule has 0 spiro atoms. The van der Waals surface area contributed by atoms with Gasteiger partial charge in [0.05, 0.1) is 6.54 Å². The Kier molecular flexibility index (Phi) is 7.16. The van der Waals surface area contributed by atoms with Gasteiger partial charge in [0.15, 0.2) is 0 Å². The summed E-state index contributed by atoms with van der Waals surface area (Å²) >= 11 is 5.59. The molecule has 1 aliphatic rings. The third-order valence-corrected chi connectivity index (χ3v) is 3.48. The molecule has 5 nitrogen and oxygen atoms in total. The van der Waals surface area contributed by atoms with Crippen molar-refractivity contribution in [3.05, 3.63) is 0 Å². The zero-order valence-corrected chi connectivity index (χ0v) is 12.7. The minimum absolute atomic E-state index is 0.138. The lowest BCUT2D eigenvalue weighted by atomic mass is 10.2. The Bertz CT molecular complexity index is 302. The Hall–Kier alpha value is -0.810. The molecule has 0 aromatic carbocycles. The van der Waals surface area contributed by atoms with Crippen molar-refractivity contribution in [2.24, 2.45) is 0 Å². The third-order valence-electron chi connectivity index (χ3n) is 3.21. The van der Waals surface area contributed by atoms with E-state index < -0.39 is 0 Å². The van der Waals surface area contributed by atoms with E-state index in [0.717, 1.165) is 12.8 Å². The lowest BCUT2D eigenvalue weighted by molar-refractivity contribution is -0.139. The van der Waals surface area contributed by atoms with Gasteiger partial charge in [0, 0.05) is 38.5 Å². The smallest absolute Gasteiger partial charge is 0.236 e. The molecule has 0 radical (unpaired) electrons. The number of carbonyl (C=O) groups is 2. The van der Waals surface area contributed by atoms with Gasteiger partial charge < -0.3 is 14.7 Å². The van der Waals surface area contributed by atoms with Gasteiger partial charge in [-0.25, -0.2) is 0 Å². The maximum absolute atomic E-state index is 11.9. The van der Waals surface area contributed by atoms with E-state index in [1.807, 2.05) is 28.8 Å². The predicted molar refractivity (Wildman–Crippen MR) is 76.3 cm³/mol. The Balaban J connectivity index is 2.28. The van der Waals surface area contributed by atoms with Crippen molar-refractivity contribution < 1.29 is 9.59 Å². The molecule has 0 bridgehead atoms. The molecule has 1 fully saturated rings. The first-order valence-corrected chi connectivity index (χ1v) is 7.34. The molecular weight excluding hydrogens is 266 g/mol. The molecule has 0 unspecified atom stereocenters. The van der Waals surface area contributed by atoms with Gasteiger partial charge in [-0.05, 0) is 26.9 Å². The van der Waals surface area contributed by atoms with Gasteiger partial charge in [0.2, 0.25) is 11.8 Å². The lowest BCUT2D eigenvalue weighted by Gasteiger charge is -2.35. The summed E-state index contributed by atoms with van der Waals surface area (Å²) in [5.74, 6) is 0.934. The standard InChI is InChI=1S/C13H24ClN3O2/c1-15(2)11-13(19)17-9-7-16(8-10-17)12(18)5-3-4-6-14/h3-11H2,1-2H3. The largest absolute Gasteiger partial charge is 0.339 e. The van der Waals surface area contributed by atoms with Crippen molar-refractivity contribution in [1.82, 2.24) is 14.7 Å². The number of hydrogen-bond acceptors (Lipinski definition) is 3. The van der Waals surface area contributed by atoms with Crippen molar-refractivity contribution >= 4 is 23.4 Å². The van der Waals surface area contributed by atoms with E-state index in [9.17, 15) is 9.59 Å². The van der Waals surface area contributed by atoms with Crippen molar-refractivity contribution in [2.45, 2.75) is 19.3 Å². The third kappa shape index (κ3) is 5.78. The van der Waals surface area contributed by atoms with Gasteiger partial charge in [0.1, 0.15) is 0 Å². The van der Waals surface area contributed by atoms with E-state index in [1.165, 1.54) is 0 Å². The average molecular weight is 290 g/mol. The molecule has 0 saturated carbocycles. The summed E-state index contributed by atoms with van der Waals surface area (Å²) in [6.45, 7) is 3.03. The van der Waals surface area contributed by atoms with Gasteiger partial charge in [-0.3, -0.25) is 9.59 Å². The molecule has 0 aliphatic carbocycles. The second-order valence-electron chi connectivity index (χ2n) is 5.15. The topological polar surface area (TPSA) is 43.9 Å². The molecule has 6 heteroatoms. The van der Waals surface area contributed by atoms with Gasteiger partial charge in [0.25, 0.3) is 0 Å². The molecule has 0 atom stereocenters. The Morgan fingerprint density at radius 1 is 1.00 bits per heavy atom. The van der Waals surface area contributed by atoms with Crippen LogP contribution in [-0.2, 0) is 9.59 Å². The van der Waals surface area contributed by atoms with Crippen LogP contribution in [0.15, 0.2) is 0 Å². The molecule has 1 saturated heterocycles. The first kappa shape index (κ1) is 16.2. The summed E-state index contributed by atoms with van der Waals surface area (Å²) in [5, 5.41) is 0. The second-order valence-corrected chi connectivity index (χ2v) is 5.52. The zero-order chi connectivity index (χ0) is 14.3. The van der Waals surface area contributed by atoms with E-state index in [2.05, 4.69) is 0 Å². The summed E-state index contributed by atoms with van der Waals surface area (Å²) < 4.78 is 0. The minimum Gasteiger partial charge on any atom is -0.339 e. The van der Waals surface area contributed by atoms with Crippen LogP contribution < -0.4 is 0 Å². The summed E-state index contributed by atoms with van der Waals surface area (Å²) in [7, 11) is 3.77. The van der Waals surface area contributed by atoms with Crippen LogP contribution in [0.5, 0.6) is 0 Å². The van der Waals surface area contributed by atoms with E-state index in [4.69, 9.17) is 11.6 Å². The normalized spacial score (nSPS) is 16.0. The SMILES string of the molecule is CN(C)CC(=O)N1CCN(C(=O)CCCCCl)CC1. The fourth-order valence-electron chi connectivity index (χ4n) is 2.10. The molecule has 1 rings (SSSR count). The Morgan fingerprint density at radius 3 is 2.00 bits per heavy atom. The molecule has 0 N–H and O–H groups in total. The maximum Gasteiger partial charge on any atom is 0.236 e. The Morgan fingerprint density at radius 2 is 1.53 bits per heavy atom. The van der Waals surface area contributed by atoms with Crippen LogP contribution in [0.1, 0.15) is 19.3 Å². The van der Waals surface area contributed by atoms with Crippen LogP contribution >= 0.6 is 11.6 Å². The fraction of sp³-hybridized carbons (Fsp3) is 0.846. The molecular formula is C13H24ClN3O2. The van der Waals surface area contributed by atoms with Gasteiger partial charge in [-0.15, -0.1) is 11.6 Å². The van der Waals surface area contributed by atoms with Crippen LogP contribution in [0, 0.1) is 0 Å². The minimum atomic E-state index is 0.138. The molecule has 19 heavy (non-hydrogen) atoms. The highest BCUT2D eigenvalue weighted by Gasteiger charge is 2.23. The number of likely N-dealkylation sites (N-methyl/N-ethyl adjacent to an activating group) is 1. The lowest BCUT2D eigenvalue weighted by Crippen LogP contribution is -2.52. The highest BCUT2D eigenvalue weighted by molar-refractivity contribution is 6.17. The number of amides is 2. The van der Waals surface area contributed by atoms with Crippen LogP contribution in [0.2, 0.25) is 0 Å². The predicted octanol–water partition coefficient (Wildman–Crippen LogP) is 0.628. The highest BCUT2D eigenvalue weighted by Crippen LogP contribution is 2.07. The molecule has 1 aliphatic heterocycles. The quantitative estimate of drug-likeness (QED) is 0.532. The molecule has 1 heterocycles. The van der Waals surface area contributed by atoms with Gasteiger partial charge >= 0.3 is 0 Å². The number of nitrogens with zero attached hydrogens (tertiary/aromatic N) is 3. The van der Waals surface area contributed by atoms with Crippen molar-refractivity contribution in [3.63, 3.8) is 0 Å². The molecule has 0 aromatic heterocycles. The molecule has 2 amide bonds. The summed E-state index contributed by atoms with van der Waals surface area (Å²) in [6.07, 6.45) is 2.30. The van der Waals surface area contributed by atoms with Crippen molar-refractivity contribution in [2.75, 3.05) is 52.7 Å². The number of alkyl halides is 1. The van der Waals surface area contributed by atoms with Gasteiger partial charge in [-0.1, -0.05) is 0 Å². The van der Waals surface area contributed by atoms with Gasteiger partial charge in [-0.2, -0.15) is 0 Å². The van der Waals surface area contributed by atoms with Crippen LogP contribution in [0.4, 0.5) is 0 Å². The number of unbranched alkanes of at least 4 members (excludes halogenated alkanes) is 1. The monoisotopic (exact) mass is 289 g/mol. The second kappa shape index (κ2) is 8.38. The summed E-state index contributed by atoms with van der Waals surface area (Å²) in [4.78, 5) is 29.3. The summed E-state index contributed by atoms with van der Waals surface area (Å²) in [6, 6.07) is 0. The Labute approximate surface area is 120 Å². The highest BCUT2D eigenvalue weighted by atomic mass is 35.5. The van der Waals surface area contributed by atoms with E-state index in [1.54, 1.807) is 0 Å². The number of rotatable bonds is 6. The fourth-order valence-corrected chi connectivity index (χ4v) is 2.29. The van der Waals surface area contributed by atoms with E-state index in [-0.39, 0.29) is 11.8 Å². The number of carbonyl (C=O) groups excluding carboxylic acids is 2. The van der Waals surface area contributed by atoms with E-state index >= 15 is 0 Å². The number of halogens is 1. The molecule has 110 valence electrons. The number of hydrogen-bond donors (Lipinski definition) is 0. The van der Waals surface area contributed by atoms with Crippen LogP contribution in [0.3, 0.4) is 0 Å². The van der Waals surface area contributed by atoms with Crippen LogP contribution in [-0.4, -0.2) is 79.2 Å². The van der Waals surface area contributed by atoms with Crippen LogP contribution in [0.25, 0.3) is 0 Å². The average Bonchev–Trinajstić information content (AvgIpc) is 2.38. The van der Waals surface area contributed by atoms with Crippen molar-refractivity contribution in [1.29, 1.82) is 0 Å². The summed E-state index contributed by atoms with van der Waals surface area (Å²) in [5.41, 5.74) is 0. The first-order valence-electron chi connectivity index (χ1n) is 6.81. The van der Waals surface area contributed by atoms with Crippen molar-refractivity contribution in [3.8, 4) is 0 Å². The number of piperazine rings is 1.